The summed E-state index contributed by atoms with van der Waals surface area (Å²) in [5.41, 5.74) is 0. The predicted octanol–water partition coefficient (Wildman–Crippen LogP) is 0.323. The van der Waals surface area contributed by atoms with Gasteiger partial charge in [0.2, 0.25) is 6.40 Å². The van der Waals surface area contributed by atoms with Crippen molar-refractivity contribution in [3.05, 3.63) is 0 Å². The van der Waals surface area contributed by atoms with Crippen LogP contribution in [0.2, 0.25) is 0 Å². The molecule has 34 valence electrons. The molecule has 0 aromatic rings. The normalized spacial score (nSPS) is 30.5. The first kappa shape index (κ1) is 3.61. The molecule has 1 rings (SSSR count). The van der Waals surface area contributed by atoms with Gasteiger partial charge in [0.25, 0.3) is 0 Å². The molecule has 1 unspecified atom stereocenters. The second-order valence-corrected chi connectivity index (χ2v) is 1.05. The fraction of sp³-hybridized carbons (Fsp3) is 0.667. The Morgan fingerprint density at radius 1 is 1.83 bits per heavy atom. The summed E-state index contributed by atoms with van der Waals surface area (Å²) in [6.07, 6.45) is 1.18. The monoisotopic (exact) mass is 87.0 g/mol. The Bertz CT molecular complexity index is 71.2. The number of rotatable bonds is 0. The fourth-order valence-corrected chi connectivity index (χ4v) is 0.241. The van der Waals surface area contributed by atoms with Gasteiger partial charge >= 0.3 is 0 Å². The Kier molecular flexibility index (Phi) is 0.759. The molecule has 0 bridgehead atoms. The fourth-order valence-electron chi connectivity index (χ4n) is 0.241. The van der Waals surface area contributed by atoms with Crippen LogP contribution in [-0.2, 0) is 9.78 Å². The summed E-state index contributed by atoms with van der Waals surface area (Å²) in [7, 11) is 0. The van der Waals surface area contributed by atoms with E-state index in [-0.39, 0.29) is 6.23 Å². The standard InChI is InChI=1S/C3H5NO2/c1-3-4-2-5-6-3/h2-3H,1H3. The highest BCUT2D eigenvalue weighted by Gasteiger charge is 2.02. The molecule has 0 aliphatic carbocycles. The Hall–Kier alpha value is -0.570. The summed E-state index contributed by atoms with van der Waals surface area (Å²) in [5, 5.41) is 0. The molecule has 0 aromatic heterocycles. The van der Waals surface area contributed by atoms with E-state index >= 15 is 0 Å². The molecule has 1 heterocycles. The van der Waals surface area contributed by atoms with Crippen molar-refractivity contribution in [3.8, 4) is 0 Å². The molecule has 0 amide bonds. The van der Waals surface area contributed by atoms with Crippen molar-refractivity contribution in [2.45, 2.75) is 13.2 Å². The van der Waals surface area contributed by atoms with Crippen molar-refractivity contribution in [2.75, 3.05) is 0 Å². The first-order valence-corrected chi connectivity index (χ1v) is 1.73. The van der Waals surface area contributed by atoms with Gasteiger partial charge < -0.3 is 4.89 Å². The van der Waals surface area contributed by atoms with Crippen molar-refractivity contribution < 1.29 is 9.78 Å². The van der Waals surface area contributed by atoms with Crippen LogP contribution in [0.25, 0.3) is 0 Å². The van der Waals surface area contributed by atoms with Crippen LogP contribution in [0.5, 0.6) is 0 Å². The third-order valence-electron chi connectivity index (χ3n) is 0.509. The zero-order chi connectivity index (χ0) is 4.41. The maximum absolute atomic E-state index is 4.43. The highest BCUT2D eigenvalue weighted by atomic mass is 17.2. The molecule has 6 heavy (non-hydrogen) atoms. The highest BCUT2D eigenvalue weighted by molar-refractivity contribution is 5.46. The molecule has 0 radical (unpaired) electrons. The number of hydrogen-bond donors (Lipinski definition) is 0. The minimum absolute atomic E-state index is 0.106. The van der Waals surface area contributed by atoms with E-state index in [9.17, 15) is 0 Å². The van der Waals surface area contributed by atoms with Crippen LogP contribution in [-0.4, -0.2) is 12.6 Å². The van der Waals surface area contributed by atoms with Crippen molar-refractivity contribution in [1.82, 2.24) is 0 Å². The number of nitrogens with zero attached hydrogens (tertiary/aromatic N) is 1. The molecule has 1 aliphatic rings. The Balaban J connectivity index is 2.38. The largest absolute Gasteiger partial charge is 0.323 e. The summed E-state index contributed by atoms with van der Waals surface area (Å²) in [6, 6.07) is 0. The van der Waals surface area contributed by atoms with Crippen LogP contribution < -0.4 is 0 Å². The molecule has 3 heteroatoms. The first-order valence-electron chi connectivity index (χ1n) is 1.73. The molecular formula is C3H5NO2. The maximum atomic E-state index is 4.43. The smallest absolute Gasteiger partial charge is 0.217 e. The minimum Gasteiger partial charge on any atom is -0.323 e. The van der Waals surface area contributed by atoms with Gasteiger partial charge in [0, 0.05) is 0 Å². The lowest BCUT2D eigenvalue weighted by molar-refractivity contribution is -0.226. The summed E-state index contributed by atoms with van der Waals surface area (Å²) in [6.45, 7) is 1.80. The van der Waals surface area contributed by atoms with Gasteiger partial charge in [-0.1, -0.05) is 0 Å². The van der Waals surface area contributed by atoms with Gasteiger partial charge in [0.1, 0.15) is 0 Å². The van der Waals surface area contributed by atoms with Crippen LogP contribution >= 0.6 is 0 Å². The van der Waals surface area contributed by atoms with Gasteiger partial charge in [-0.25, -0.2) is 4.99 Å². The Labute approximate surface area is 35.5 Å². The van der Waals surface area contributed by atoms with E-state index in [1.807, 2.05) is 0 Å². The van der Waals surface area contributed by atoms with E-state index in [1.54, 1.807) is 6.92 Å². The van der Waals surface area contributed by atoms with Gasteiger partial charge in [-0.05, 0) is 6.92 Å². The lowest BCUT2D eigenvalue weighted by Crippen LogP contribution is -1.93. The van der Waals surface area contributed by atoms with Crippen LogP contribution in [0.4, 0.5) is 0 Å². The van der Waals surface area contributed by atoms with Crippen molar-refractivity contribution in [1.29, 1.82) is 0 Å². The zero-order valence-electron chi connectivity index (χ0n) is 3.42. The van der Waals surface area contributed by atoms with E-state index in [2.05, 4.69) is 14.8 Å². The van der Waals surface area contributed by atoms with Crippen LogP contribution in [0.15, 0.2) is 4.99 Å². The predicted molar refractivity (Wildman–Crippen MR) is 20.1 cm³/mol. The molecule has 1 aliphatic heterocycles. The topological polar surface area (TPSA) is 30.8 Å². The van der Waals surface area contributed by atoms with E-state index in [0.29, 0.717) is 0 Å². The van der Waals surface area contributed by atoms with Gasteiger partial charge in [0.05, 0.1) is 0 Å². The summed E-state index contributed by atoms with van der Waals surface area (Å²) < 4.78 is 0. The average Bonchev–Trinajstić information content (AvgIpc) is 1.86. The first-order chi connectivity index (χ1) is 2.89. The molecule has 0 saturated carbocycles. The summed E-state index contributed by atoms with van der Waals surface area (Å²) in [4.78, 5) is 12.4. The average molecular weight is 87.1 g/mol. The molecule has 0 saturated heterocycles. The lowest BCUT2D eigenvalue weighted by atomic mass is 10.7. The van der Waals surface area contributed by atoms with Crippen LogP contribution in [0, 0.1) is 0 Å². The summed E-state index contributed by atoms with van der Waals surface area (Å²) >= 11 is 0. The third-order valence-corrected chi connectivity index (χ3v) is 0.509. The van der Waals surface area contributed by atoms with E-state index < -0.39 is 0 Å². The molecule has 0 fully saturated rings. The quantitative estimate of drug-likeness (QED) is 0.398. The highest BCUT2D eigenvalue weighted by Crippen LogP contribution is 1.96. The van der Waals surface area contributed by atoms with Gasteiger partial charge in [-0.15, -0.1) is 0 Å². The third kappa shape index (κ3) is 0.490. The molecule has 0 aromatic carbocycles. The van der Waals surface area contributed by atoms with E-state index in [0.717, 1.165) is 0 Å². The van der Waals surface area contributed by atoms with Gasteiger partial charge in [0.15, 0.2) is 6.23 Å². The minimum atomic E-state index is -0.106. The lowest BCUT2D eigenvalue weighted by Gasteiger charge is -1.89. The Morgan fingerprint density at radius 3 is 2.83 bits per heavy atom. The SMILES string of the molecule is CC1N=COO1. The molecule has 1 atom stereocenters. The van der Waals surface area contributed by atoms with Crippen molar-refractivity contribution in [3.63, 3.8) is 0 Å². The van der Waals surface area contributed by atoms with Crippen LogP contribution in [0.1, 0.15) is 6.92 Å². The number of hydrogen-bond acceptors (Lipinski definition) is 3. The van der Waals surface area contributed by atoms with Gasteiger partial charge in [-0.2, -0.15) is 4.89 Å². The number of aliphatic imine (C=N–C) groups is 1. The molecule has 0 N–H and O–H groups in total. The molecular weight excluding hydrogens is 82.0 g/mol. The molecule has 0 spiro atoms. The zero-order valence-corrected chi connectivity index (χ0v) is 3.42. The van der Waals surface area contributed by atoms with Crippen LogP contribution in [0.3, 0.4) is 0 Å². The Morgan fingerprint density at radius 2 is 2.67 bits per heavy atom. The van der Waals surface area contributed by atoms with E-state index in [1.165, 1.54) is 6.40 Å². The second kappa shape index (κ2) is 1.26. The van der Waals surface area contributed by atoms with Crippen molar-refractivity contribution >= 4 is 6.40 Å². The summed E-state index contributed by atoms with van der Waals surface area (Å²) in [5.74, 6) is 0. The molecule has 3 nitrogen and oxygen atoms in total. The second-order valence-electron chi connectivity index (χ2n) is 1.05. The maximum Gasteiger partial charge on any atom is 0.217 e. The van der Waals surface area contributed by atoms with E-state index in [4.69, 9.17) is 0 Å². The van der Waals surface area contributed by atoms with Gasteiger partial charge in [-0.3, -0.25) is 0 Å². The van der Waals surface area contributed by atoms with Crippen molar-refractivity contribution in [2.24, 2.45) is 4.99 Å².